The Morgan fingerprint density at radius 2 is 1.04 bits per heavy atom. The van der Waals surface area contributed by atoms with E-state index >= 15 is 0 Å². The molecule has 1 aromatic heterocycles. The minimum absolute atomic E-state index is 0.00229. The molecule has 2 aliphatic heterocycles. The molecule has 4 fully saturated rings. The molecule has 4 aliphatic rings. The van der Waals surface area contributed by atoms with Crippen LogP contribution in [-0.2, 0) is 0 Å². The molecule has 2 amide bonds. The number of ether oxygens (including phenoxy) is 4. The molecule has 0 radical (unpaired) electrons. The first-order chi connectivity index (χ1) is 34.2. The standard InChI is InChI=1S/C30H38N4O3.C27H35IN2O3/c1-36-28-15-14-24(19-29(28)37-2)30(35)33(25-11-6-12-26(20-25)34-18-8-16-31-34)22-27-13-7-17-32(27)21-23-9-4-3-5-10-23;1-32-25-14-13-21(16-26(25)33-2)27(31)30(23-11-6-10-22(28)17-23)19-24-12-7-15-29(24)18-20-8-4-3-5-9-20/h6,8,11-12,14-16,18-20,23,27H,3-5,7,9-10,13,17,21-22H2,1-2H3;6,10-11,13-14,16-17,20,24H,3-5,7-9,12,15,18-19H2,1-2H3/t27-;24-/m00/s1. The SMILES string of the molecule is COc1ccc(C(=O)N(C[C@@H]2CCCN2CC2CCCCC2)c2cccc(-n3cccn3)c2)cc1OC.COc1ccc(C(=O)N(C[C@@H]2CCCN2CC2CCCCC2)c2cccc(I)c2)cc1OC. The summed E-state index contributed by atoms with van der Waals surface area (Å²) in [6, 6.07) is 29.8. The summed E-state index contributed by atoms with van der Waals surface area (Å²) in [6.07, 6.45) is 21.9. The van der Waals surface area contributed by atoms with Crippen LogP contribution in [0, 0.1) is 15.4 Å². The summed E-state index contributed by atoms with van der Waals surface area (Å²) in [5.41, 5.74) is 3.95. The molecule has 2 saturated heterocycles. The number of aromatic nitrogens is 2. The average Bonchev–Trinajstić information content (AvgIpc) is 4.21. The van der Waals surface area contributed by atoms with Gasteiger partial charge in [0.2, 0.25) is 0 Å². The second-order valence-corrected chi connectivity index (χ2v) is 20.8. The Hall–Kier alpha value is -5.12. The smallest absolute Gasteiger partial charge is 0.258 e. The first-order valence-electron chi connectivity index (χ1n) is 25.7. The number of amides is 2. The highest BCUT2D eigenvalue weighted by atomic mass is 127. The predicted octanol–water partition coefficient (Wildman–Crippen LogP) is 11.6. The third-order valence-electron chi connectivity index (χ3n) is 15.0. The number of likely N-dealkylation sites (tertiary alicyclic amines) is 2. The van der Waals surface area contributed by atoms with Gasteiger partial charge in [-0.05, 0) is 178 Å². The lowest BCUT2D eigenvalue weighted by Crippen LogP contribution is -2.45. The molecule has 0 unspecified atom stereocenters. The van der Waals surface area contributed by atoms with Crippen LogP contribution in [-0.4, -0.2) is 111 Å². The van der Waals surface area contributed by atoms with Gasteiger partial charge in [-0.2, -0.15) is 5.10 Å². The minimum Gasteiger partial charge on any atom is -0.493 e. The lowest BCUT2D eigenvalue weighted by Gasteiger charge is -2.34. The van der Waals surface area contributed by atoms with Gasteiger partial charge in [-0.25, -0.2) is 4.68 Å². The van der Waals surface area contributed by atoms with Crippen LogP contribution in [0.3, 0.4) is 0 Å². The zero-order chi connectivity index (χ0) is 48.8. The predicted molar refractivity (Wildman–Crippen MR) is 288 cm³/mol. The van der Waals surface area contributed by atoms with Crippen LogP contribution >= 0.6 is 22.6 Å². The number of halogens is 1. The summed E-state index contributed by atoms with van der Waals surface area (Å²) in [7, 11) is 6.41. The Labute approximate surface area is 429 Å². The van der Waals surface area contributed by atoms with Crippen molar-refractivity contribution in [1.82, 2.24) is 19.6 Å². The summed E-state index contributed by atoms with van der Waals surface area (Å²) < 4.78 is 24.7. The summed E-state index contributed by atoms with van der Waals surface area (Å²) in [5, 5.41) is 4.39. The van der Waals surface area contributed by atoms with Crippen LogP contribution in [0.2, 0.25) is 0 Å². The van der Waals surface area contributed by atoms with Crippen molar-refractivity contribution in [3.05, 3.63) is 118 Å². The molecule has 0 N–H and O–H groups in total. The van der Waals surface area contributed by atoms with Crippen molar-refractivity contribution in [2.75, 3.05) is 77.5 Å². The molecule has 12 nitrogen and oxygen atoms in total. The Morgan fingerprint density at radius 1 is 0.557 bits per heavy atom. The molecule has 70 heavy (non-hydrogen) atoms. The number of carbonyl (C=O) groups excluding carboxylic acids is 2. The maximum Gasteiger partial charge on any atom is 0.258 e. The molecule has 13 heteroatoms. The first-order valence-corrected chi connectivity index (χ1v) is 26.7. The fourth-order valence-corrected chi connectivity index (χ4v) is 11.8. The highest BCUT2D eigenvalue weighted by Gasteiger charge is 2.33. The van der Waals surface area contributed by atoms with Crippen molar-refractivity contribution in [2.45, 2.75) is 102 Å². The van der Waals surface area contributed by atoms with E-state index in [1.807, 2.05) is 81.3 Å². The van der Waals surface area contributed by atoms with Gasteiger partial charge in [0, 0.05) is 76.7 Å². The monoisotopic (exact) mass is 1060 g/mol. The topological polar surface area (TPSA) is 102 Å². The number of nitrogens with zero attached hydrogens (tertiary/aromatic N) is 6. The van der Waals surface area contributed by atoms with Gasteiger partial charge in [-0.15, -0.1) is 0 Å². The summed E-state index contributed by atoms with van der Waals surface area (Å²) in [4.78, 5) is 37.1. The molecule has 2 saturated carbocycles. The van der Waals surface area contributed by atoms with Gasteiger partial charge in [0.1, 0.15) is 0 Å². The van der Waals surface area contributed by atoms with E-state index in [-0.39, 0.29) is 11.8 Å². The zero-order valence-corrected chi connectivity index (χ0v) is 43.9. The molecule has 0 bridgehead atoms. The van der Waals surface area contributed by atoms with Crippen molar-refractivity contribution < 1.29 is 28.5 Å². The Kier molecular flexibility index (Phi) is 18.5. The van der Waals surface area contributed by atoms with E-state index in [0.717, 1.165) is 64.9 Å². The van der Waals surface area contributed by atoms with E-state index < -0.39 is 0 Å². The second kappa shape index (κ2) is 25.3. The molecular weight excluding hydrogens is 992 g/mol. The average molecular weight is 1070 g/mol. The normalized spacial score (nSPS) is 19.0. The third kappa shape index (κ3) is 13.0. The van der Waals surface area contributed by atoms with Crippen molar-refractivity contribution in [2.24, 2.45) is 11.8 Å². The molecule has 3 heterocycles. The Bertz CT molecular complexity index is 2460. The van der Waals surface area contributed by atoms with Gasteiger partial charge < -0.3 is 28.7 Å². The number of rotatable bonds is 17. The van der Waals surface area contributed by atoms with Crippen LogP contribution in [0.15, 0.2) is 103 Å². The van der Waals surface area contributed by atoms with Gasteiger partial charge in [-0.3, -0.25) is 19.4 Å². The Morgan fingerprint density at radius 3 is 1.50 bits per heavy atom. The quantitative estimate of drug-likeness (QED) is 0.0843. The molecule has 374 valence electrons. The molecule has 2 aliphatic carbocycles. The van der Waals surface area contributed by atoms with E-state index in [9.17, 15) is 9.59 Å². The highest BCUT2D eigenvalue weighted by molar-refractivity contribution is 14.1. The number of hydrogen-bond donors (Lipinski definition) is 0. The fourth-order valence-electron chi connectivity index (χ4n) is 11.2. The zero-order valence-electron chi connectivity index (χ0n) is 41.8. The summed E-state index contributed by atoms with van der Waals surface area (Å²) in [5.74, 6) is 3.93. The minimum atomic E-state index is -0.0388. The van der Waals surface area contributed by atoms with Crippen molar-refractivity contribution in [3.63, 3.8) is 0 Å². The lowest BCUT2D eigenvalue weighted by molar-refractivity contribution is 0.0967. The number of hydrogen-bond acceptors (Lipinski definition) is 9. The maximum absolute atomic E-state index is 14.1. The summed E-state index contributed by atoms with van der Waals surface area (Å²) >= 11 is 2.32. The number of carbonyl (C=O) groups is 2. The lowest BCUT2D eigenvalue weighted by atomic mass is 9.89. The van der Waals surface area contributed by atoms with Gasteiger partial charge in [0.25, 0.3) is 11.8 Å². The molecule has 5 aromatic rings. The van der Waals surface area contributed by atoms with Gasteiger partial charge in [0.15, 0.2) is 23.0 Å². The van der Waals surface area contributed by atoms with Crippen molar-refractivity contribution in [3.8, 4) is 28.7 Å². The van der Waals surface area contributed by atoms with E-state index in [0.29, 0.717) is 59.3 Å². The first kappa shape index (κ1) is 51.2. The van der Waals surface area contributed by atoms with Crippen molar-refractivity contribution in [1.29, 1.82) is 0 Å². The van der Waals surface area contributed by atoms with Gasteiger partial charge in [-0.1, -0.05) is 50.7 Å². The van der Waals surface area contributed by atoms with E-state index in [2.05, 4.69) is 49.6 Å². The molecular formula is C57H73IN6O6. The van der Waals surface area contributed by atoms with Crippen LogP contribution in [0.25, 0.3) is 5.69 Å². The highest BCUT2D eigenvalue weighted by Crippen LogP contribution is 2.34. The van der Waals surface area contributed by atoms with Crippen LogP contribution in [0.1, 0.15) is 111 Å². The molecule has 0 spiro atoms. The number of methoxy groups -OCH3 is 4. The second-order valence-electron chi connectivity index (χ2n) is 19.5. The maximum atomic E-state index is 14.1. The van der Waals surface area contributed by atoms with E-state index in [1.165, 1.54) is 83.6 Å². The van der Waals surface area contributed by atoms with Crippen LogP contribution in [0.5, 0.6) is 23.0 Å². The Balaban J connectivity index is 0.000000190. The molecule has 2 atom stereocenters. The van der Waals surface area contributed by atoms with Crippen LogP contribution < -0.4 is 28.7 Å². The van der Waals surface area contributed by atoms with E-state index in [4.69, 9.17) is 18.9 Å². The third-order valence-corrected chi connectivity index (χ3v) is 15.7. The number of benzene rings is 4. The molecule has 4 aromatic carbocycles. The van der Waals surface area contributed by atoms with Crippen molar-refractivity contribution >= 4 is 45.8 Å². The van der Waals surface area contributed by atoms with E-state index in [1.54, 1.807) is 52.8 Å². The van der Waals surface area contributed by atoms with Gasteiger partial charge in [0.05, 0.1) is 34.1 Å². The van der Waals surface area contributed by atoms with Gasteiger partial charge >= 0.3 is 0 Å². The fraction of sp³-hybridized carbons (Fsp3) is 0.491. The van der Waals surface area contributed by atoms with Crippen LogP contribution in [0.4, 0.5) is 11.4 Å². The summed E-state index contributed by atoms with van der Waals surface area (Å²) in [6.45, 7) is 5.95. The molecule has 9 rings (SSSR count). The largest absolute Gasteiger partial charge is 0.493 e. The number of anilines is 2.